The smallest absolute Gasteiger partial charge is 0.225 e. The molecule has 0 saturated heterocycles. The van der Waals surface area contributed by atoms with Gasteiger partial charge < -0.3 is 16.0 Å². The monoisotopic (exact) mass is 275 g/mol. The molecular formula is C16H25N3O. The molecule has 20 heavy (non-hydrogen) atoms. The van der Waals surface area contributed by atoms with Crippen molar-refractivity contribution in [3.8, 4) is 0 Å². The van der Waals surface area contributed by atoms with Crippen molar-refractivity contribution >= 4 is 17.3 Å². The quantitative estimate of drug-likeness (QED) is 0.812. The van der Waals surface area contributed by atoms with E-state index in [0.29, 0.717) is 18.2 Å². The summed E-state index contributed by atoms with van der Waals surface area (Å²) < 4.78 is 0. The molecule has 110 valence electrons. The van der Waals surface area contributed by atoms with Crippen LogP contribution in [0.1, 0.15) is 37.7 Å². The second-order valence-corrected chi connectivity index (χ2v) is 5.79. The molecule has 1 aliphatic rings. The maximum Gasteiger partial charge on any atom is 0.225 e. The Bertz CT molecular complexity index is 467. The fourth-order valence-electron chi connectivity index (χ4n) is 2.79. The van der Waals surface area contributed by atoms with E-state index in [-0.39, 0.29) is 5.91 Å². The van der Waals surface area contributed by atoms with Crippen molar-refractivity contribution in [1.82, 2.24) is 4.90 Å². The van der Waals surface area contributed by atoms with E-state index in [9.17, 15) is 4.79 Å². The molecule has 1 aromatic carbocycles. The van der Waals surface area contributed by atoms with Crippen molar-refractivity contribution in [1.29, 1.82) is 0 Å². The number of carbonyl (C=O) groups is 1. The average molecular weight is 275 g/mol. The van der Waals surface area contributed by atoms with Gasteiger partial charge in [-0.15, -0.1) is 0 Å². The van der Waals surface area contributed by atoms with E-state index in [0.717, 1.165) is 17.8 Å². The maximum atomic E-state index is 12.0. The lowest BCUT2D eigenvalue weighted by Crippen LogP contribution is -2.32. The number of nitrogen functional groups attached to an aromatic ring is 1. The van der Waals surface area contributed by atoms with E-state index < -0.39 is 0 Å². The first-order valence-electron chi connectivity index (χ1n) is 7.42. The van der Waals surface area contributed by atoms with Gasteiger partial charge in [0.2, 0.25) is 5.91 Å². The minimum Gasteiger partial charge on any atom is -0.399 e. The lowest BCUT2D eigenvalue weighted by molar-refractivity contribution is -0.116. The third kappa shape index (κ3) is 3.97. The van der Waals surface area contributed by atoms with Gasteiger partial charge in [0.1, 0.15) is 0 Å². The summed E-state index contributed by atoms with van der Waals surface area (Å²) in [6, 6.07) is 6.25. The van der Waals surface area contributed by atoms with Crippen LogP contribution < -0.4 is 11.1 Å². The molecule has 1 fully saturated rings. The fraction of sp³-hybridized carbons (Fsp3) is 0.562. The van der Waals surface area contributed by atoms with E-state index in [1.165, 1.54) is 25.7 Å². The Hall–Kier alpha value is -1.55. The molecule has 4 nitrogen and oxygen atoms in total. The van der Waals surface area contributed by atoms with Crippen molar-refractivity contribution in [2.45, 2.75) is 45.1 Å². The molecular weight excluding hydrogens is 250 g/mol. The molecule has 1 aliphatic carbocycles. The molecule has 1 amide bonds. The number of carbonyl (C=O) groups excluding carboxylic acids is 1. The van der Waals surface area contributed by atoms with E-state index in [1.807, 2.05) is 25.1 Å². The minimum atomic E-state index is 0.0588. The number of hydrogen-bond acceptors (Lipinski definition) is 3. The van der Waals surface area contributed by atoms with Gasteiger partial charge in [0.15, 0.2) is 0 Å². The lowest BCUT2D eigenvalue weighted by atomic mass is 10.1. The molecule has 2 rings (SSSR count). The summed E-state index contributed by atoms with van der Waals surface area (Å²) in [4.78, 5) is 14.3. The van der Waals surface area contributed by atoms with Gasteiger partial charge in [0.25, 0.3) is 0 Å². The summed E-state index contributed by atoms with van der Waals surface area (Å²) >= 11 is 0. The van der Waals surface area contributed by atoms with Crippen LogP contribution in [0, 0.1) is 6.92 Å². The molecule has 1 saturated carbocycles. The zero-order chi connectivity index (χ0) is 14.5. The third-order valence-electron chi connectivity index (χ3n) is 4.18. The lowest BCUT2D eigenvalue weighted by Gasteiger charge is -2.23. The molecule has 0 spiro atoms. The summed E-state index contributed by atoms with van der Waals surface area (Å²) in [5.74, 6) is 0.0588. The van der Waals surface area contributed by atoms with Crippen LogP contribution in [0.2, 0.25) is 0 Å². The number of aryl methyl sites for hydroxylation is 1. The summed E-state index contributed by atoms with van der Waals surface area (Å²) in [5, 5.41) is 2.95. The zero-order valence-electron chi connectivity index (χ0n) is 12.5. The van der Waals surface area contributed by atoms with Gasteiger partial charge >= 0.3 is 0 Å². The molecule has 0 aromatic heterocycles. The summed E-state index contributed by atoms with van der Waals surface area (Å²) in [6.07, 6.45) is 5.72. The molecule has 0 bridgehead atoms. The van der Waals surface area contributed by atoms with Crippen LogP contribution in [-0.2, 0) is 4.79 Å². The summed E-state index contributed by atoms with van der Waals surface area (Å²) in [6.45, 7) is 2.79. The SMILES string of the molecule is Cc1ccc(N)cc1NC(=O)CCN(C)C1CCCC1. The topological polar surface area (TPSA) is 58.4 Å². The molecule has 0 aliphatic heterocycles. The van der Waals surface area contributed by atoms with Gasteiger partial charge in [-0.25, -0.2) is 0 Å². The van der Waals surface area contributed by atoms with Crippen LogP contribution in [0.3, 0.4) is 0 Å². The van der Waals surface area contributed by atoms with Crippen molar-refractivity contribution in [2.75, 3.05) is 24.6 Å². The predicted molar refractivity (Wildman–Crippen MR) is 83.7 cm³/mol. The number of rotatable bonds is 5. The Labute approximate surface area is 121 Å². The van der Waals surface area contributed by atoms with Crippen molar-refractivity contribution < 1.29 is 4.79 Å². The highest BCUT2D eigenvalue weighted by atomic mass is 16.1. The van der Waals surface area contributed by atoms with Gasteiger partial charge in [-0.2, -0.15) is 0 Å². The van der Waals surface area contributed by atoms with Gasteiger partial charge in [0, 0.05) is 30.4 Å². The number of nitrogens with one attached hydrogen (secondary N) is 1. The van der Waals surface area contributed by atoms with Crippen LogP contribution in [0.5, 0.6) is 0 Å². The van der Waals surface area contributed by atoms with Crippen LogP contribution in [0.15, 0.2) is 18.2 Å². The number of benzene rings is 1. The molecule has 0 atom stereocenters. The standard InChI is InChI=1S/C16H25N3O/c1-12-7-8-13(17)11-15(12)18-16(20)9-10-19(2)14-5-3-4-6-14/h7-8,11,14H,3-6,9-10,17H2,1-2H3,(H,18,20). The number of amides is 1. The second kappa shape index (κ2) is 6.75. The molecule has 3 N–H and O–H groups in total. The first-order chi connectivity index (χ1) is 9.56. The highest BCUT2D eigenvalue weighted by Gasteiger charge is 2.19. The Morgan fingerprint density at radius 1 is 1.40 bits per heavy atom. The number of nitrogens with zero attached hydrogens (tertiary/aromatic N) is 1. The van der Waals surface area contributed by atoms with Gasteiger partial charge in [-0.3, -0.25) is 4.79 Å². The van der Waals surface area contributed by atoms with E-state index in [2.05, 4.69) is 17.3 Å². The van der Waals surface area contributed by atoms with Crippen molar-refractivity contribution in [3.63, 3.8) is 0 Å². The first-order valence-corrected chi connectivity index (χ1v) is 7.42. The third-order valence-corrected chi connectivity index (χ3v) is 4.18. The van der Waals surface area contributed by atoms with Crippen molar-refractivity contribution in [2.24, 2.45) is 0 Å². The minimum absolute atomic E-state index is 0.0588. The maximum absolute atomic E-state index is 12.0. The van der Waals surface area contributed by atoms with E-state index in [1.54, 1.807) is 0 Å². The number of anilines is 2. The van der Waals surface area contributed by atoms with Gasteiger partial charge in [-0.1, -0.05) is 18.9 Å². The van der Waals surface area contributed by atoms with Crippen LogP contribution in [0.4, 0.5) is 11.4 Å². The number of hydrogen-bond donors (Lipinski definition) is 2. The molecule has 0 unspecified atom stereocenters. The van der Waals surface area contributed by atoms with Crippen LogP contribution in [0.25, 0.3) is 0 Å². The van der Waals surface area contributed by atoms with Crippen LogP contribution in [-0.4, -0.2) is 30.4 Å². The van der Waals surface area contributed by atoms with Gasteiger partial charge in [-0.05, 0) is 44.5 Å². The Balaban J connectivity index is 1.81. The highest BCUT2D eigenvalue weighted by molar-refractivity contribution is 5.92. The highest BCUT2D eigenvalue weighted by Crippen LogP contribution is 2.22. The normalized spacial score (nSPS) is 15.8. The molecule has 1 aromatic rings. The summed E-state index contributed by atoms with van der Waals surface area (Å²) in [7, 11) is 2.12. The van der Waals surface area contributed by atoms with Crippen molar-refractivity contribution in [3.05, 3.63) is 23.8 Å². The second-order valence-electron chi connectivity index (χ2n) is 5.79. The fourth-order valence-corrected chi connectivity index (χ4v) is 2.79. The van der Waals surface area contributed by atoms with E-state index in [4.69, 9.17) is 5.73 Å². The van der Waals surface area contributed by atoms with Crippen LogP contribution >= 0.6 is 0 Å². The Kier molecular flexibility index (Phi) is 5.01. The average Bonchev–Trinajstić information content (AvgIpc) is 2.94. The van der Waals surface area contributed by atoms with E-state index >= 15 is 0 Å². The zero-order valence-corrected chi connectivity index (χ0v) is 12.5. The largest absolute Gasteiger partial charge is 0.399 e. The molecule has 0 radical (unpaired) electrons. The first kappa shape index (κ1) is 14.9. The molecule has 0 heterocycles. The number of nitrogens with two attached hydrogens (primary N) is 1. The van der Waals surface area contributed by atoms with Gasteiger partial charge in [0.05, 0.1) is 0 Å². The Morgan fingerprint density at radius 2 is 2.10 bits per heavy atom. The Morgan fingerprint density at radius 3 is 2.80 bits per heavy atom. The molecule has 4 heteroatoms. The predicted octanol–water partition coefficient (Wildman–Crippen LogP) is 2.78. The summed E-state index contributed by atoms with van der Waals surface area (Å²) in [5.41, 5.74) is 8.28.